The van der Waals surface area contributed by atoms with Gasteiger partial charge in [0.1, 0.15) is 11.9 Å². The Balaban J connectivity index is 3.01. The highest BCUT2D eigenvalue weighted by Gasteiger charge is 2.20. The van der Waals surface area contributed by atoms with Crippen LogP contribution in [-0.4, -0.2) is 22.2 Å². The van der Waals surface area contributed by atoms with Gasteiger partial charge in [-0.2, -0.15) is 0 Å². The number of benzene rings is 1. The Kier molecular flexibility index (Phi) is 4.47. The van der Waals surface area contributed by atoms with Crippen LogP contribution in [0.25, 0.3) is 0 Å². The second-order valence-electron chi connectivity index (χ2n) is 3.23. The largest absolute Gasteiger partial charge is 0.389 e. The van der Waals surface area contributed by atoms with Gasteiger partial charge in [-0.1, -0.05) is 6.07 Å². The normalized spacial score (nSPS) is 15.0. The van der Waals surface area contributed by atoms with E-state index in [4.69, 9.17) is 17.3 Å². The molecule has 84 valence electrons. The monoisotopic (exact) mass is 233 g/mol. The first-order chi connectivity index (χ1) is 7.10. The first-order valence-corrected chi connectivity index (χ1v) is 5.04. The molecule has 1 rings (SSSR count). The van der Waals surface area contributed by atoms with Gasteiger partial charge in [0, 0.05) is 12.1 Å². The summed E-state index contributed by atoms with van der Waals surface area (Å²) in [6.45, 7) is 0.247. The summed E-state index contributed by atoms with van der Waals surface area (Å²) in [5.41, 5.74) is 6.09. The van der Waals surface area contributed by atoms with Crippen LogP contribution in [0.15, 0.2) is 18.2 Å². The van der Waals surface area contributed by atoms with Gasteiger partial charge >= 0.3 is 0 Å². The summed E-state index contributed by atoms with van der Waals surface area (Å²) < 4.78 is 13.3. The molecule has 2 unspecified atom stereocenters. The van der Waals surface area contributed by atoms with Gasteiger partial charge in [0.15, 0.2) is 0 Å². The average molecular weight is 234 g/mol. The summed E-state index contributed by atoms with van der Waals surface area (Å²) in [7, 11) is 0. The van der Waals surface area contributed by atoms with Crippen molar-refractivity contribution in [2.75, 3.05) is 5.88 Å². The van der Waals surface area contributed by atoms with Crippen molar-refractivity contribution in [3.63, 3.8) is 0 Å². The van der Waals surface area contributed by atoms with Crippen LogP contribution < -0.4 is 5.73 Å². The Morgan fingerprint density at radius 1 is 1.40 bits per heavy atom. The lowest BCUT2D eigenvalue weighted by atomic mass is 10.0. The number of hydrogen-bond donors (Lipinski definition) is 3. The van der Waals surface area contributed by atoms with Gasteiger partial charge < -0.3 is 15.9 Å². The third-order valence-electron chi connectivity index (χ3n) is 2.14. The zero-order valence-corrected chi connectivity index (χ0v) is 8.78. The summed E-state index contributed by atoms with van der Waals surface area (Å²) in [6.07, 6.45) is -2.51. The lowest BCUT2D eigenvalue weighted by Gasteiger charge is -2.17. The van der Waals surface area contributed by atoms with Crippen LogP contribution in [0.5, 0.6) is 0 Å². The minimum atomic E-state index is -1.33. The Morgan fingerprint density at radius 2 is 2.07 bits per heavy atom. The van der Waals surface area contributed by atoms with Crippen LogP contribution in [0.3, 0.4) is 0 Å². The predicted molar refractivity (Wildman–Crippen MR) is 56.0 cm³/mol. The molecule has 2 atom stereocenters. The van der Waals surface area contributed by atoms with E-state index in [1.807, 2.05) is 0 Å². The van der Waals surface area contributed by atoms with E-state index in [-0.39, 0.29) is 18.0 Å². The van der Waals surface area contributed by atoms with Crippen molar-refractivity contribution in [1.29, 1.82) is 0 Å². The fraction of sp³-hybridized carbons (Fsp3) is 0.400. The first-order valence-electron chi connectivity index (χ1n) is 4.50. The number of halogens is 2. The Morgan fingerprint density at radius 3 is 2.60 bits per heavy atom. The molecule has 5 heteroatoms. The molecule has 0 saturated heterocycles. The van der Waals surface area contributed by atoms with Crippen molar-refractivity contribution >= 4 is 11.6 Å². The van der Waals surface area contributed by atoms with E-state index in [2.05, 4.69) is 0 Å². The third kappa shape index (κ3) is 2.89. The van der Waals surface area contributed by atoms with Gasteiger partial charge in [0.2, 0.25) is 0 Å². The summed E-state index contributed by atoms with van der Waals surface area (Å²) in [4.78, 5) is 0. The molecule has 0 amide bonds. The van der Waals surface area contributed by atoms with E-state index in [0.717, 1.165) is 0 Å². The fourth-order valence-corrected chi connectivity index (χ4v) is 1.41. The smallest absolute Gasteiger partial charge is 0.129 e. The van der Waals surface area contributed by atoms with Crippen molar-refractivity contribution in [3.8, 4) is 0 Å². The number of aliphatic hydroxyl groups excluding tert-OH is 2. The van der Waals surface area contributed by atoms with Gasteiger partial charge in [0.25, 0.3) is 0 Å². The summed E-state index contributed by atoms with van der Waals surface area (Å²) in [5, 5.41) is 18.9. The molecular formula is C10H13ClFNO2. The highest BCUT2D eigenvalue weighted by molar-refractivity contribution is 6.18. The molecule has 0 heterocycles. The number of rotatable bonds is 4. The standard InChI is InChI=1S/C10H13ClFNO2/c11-4-9(14)10(15)7-3-6(5-13)1-2-8(7)12/h1-3,9-10,14-15H,4-5,13H2. The van der Waals surface area contributed by atoms with Gasteiger partial charge in [-0.3, -0.25) is 0 Å². The van der Waals surface area contributed by atoms with E-state index in [1.165, 1.54) is 18.2 Å². The minimum absolute atomic E-state index is 0.0195. The second-order valence-corrected chi connectivity index (χ2v) is 3.54. The van der Waals surface area contributed by atoms with Crippen LogP contribution in [0.2, 0.25) is 0 Å². The van der Waals surface area contributed by atoms with E-state index in [0.29, 0.717) is 5.56 Å². The third-order valence-corrected chi connectivity index (χ3v) is 2.45. The van der Waals surface area contributed by atoms with E-state index < -0.39 is 18.0 Å². The zero-order chi connectivity index (χ0) is 11.4. The van der Waals surface area contributed by atoms with Gasteiger partial charge in [-0.15, -0.1) is 11.6 Å². The van der Waals surface area contributed by atoms with Gasteiger partial charge in [0.05, 0.1) is 12.0 Å². The molecule has 0 radical (unpaired) electrons. The van der Waals surface area contributed by atoms with E-state index >= 15 is 0 Å². The highest BCUT2D eigenvalue weighted by atomic mass is 35.5. The summed E-state index contributed by atoms with van der Waals surface area (Å²) in [6, 6.07) is 4.16. The molecule has 0 aliphatic heterocycles. The molecule has 0 aliphatic carbocycles. The van der Waals surface area contributed by atoms with Gasteiger partial charge in [-0.25, -0.2) is 4.39 Å². The van der Waals surface area contributed by atoms with Crippen molar-refractivity contribution in [3.05, 3.63) is 35.1 Å². The molecule has 0 aliphatic rings. The van der Waals surface area contributed by atoms with Crippen LogP contribution >= 0.6 is 11.6 Å². The van der Waals surface area contributed by atoms with Crippen LogP contribution in [-0.2, 0) is 6.54 Å². The van der Waals surface area contributed by atoms with Crippen LogP contribution in [0.4, 0.5) is 4.39 Å². The molecule has 1 aromatic carbocycles. The lowest BCUT2D eigenvalue weighted by molar-refractivity contribution is 0.0304. The SMILES string of the molecule is NCc1ccc(F)c(C(O)C(O)CCl)c1. The molecule has 0 aromatic heterocycles. The molecule has 0 spiro atoms. The molecule has 15 heavy (non-hydrogen) atoms. The minimum Gasteiger partial charge on any atom is -0.389 e. The summed E-state index contributed by atoms with van der Waals surface area (Å²) >= 11 is 5.37. The second kappa shape index (κ2) is 5.42. The topological polar surface area (TPSA) is 66.5 Å². The Labute approximate surface area is 92.3 Å². The Hall–Kier alpha value is -0.680. The van der Waals surface area contributed by atoms with Crippen LogP contribution in [0.1, 0.15) is 17.2 Å². The highest BCUT2D eigenvalue weighted by Crippen LogP contribution is 2.22. The van der Waals surface area contributed by atoms with Crippen molar-refractivity contribution in [2.24, 2.45) is 5.73 Å². The van der Waals surface area contributed by atoms with Crippen molar-refractivity contribution in [2.45, 2.75) is 18.8 Å². The van der Waals surface area contributed by atoms with E-state index in [9.17, 15) is 14.6 Å². The quantitative estimate of drug-likeness (QED) is 0.678. The lowest BCUT2D eigenvalue weighted by Crippen LogP contribution is -2.21. The van der Waals surface area contributed by atoms with Gasteiger partial charge in [-0.05, 0) is 17.7 Å². The molecule has 3 nitrogen and oxygen atoms in total. The van der Waals surface area contributed by atoms with Crippen LogP contribution in [0, 0.1) is 5.82 Å². The molecular weight excluding hydrogens is 221 g/mol. The number of hydrogen-bond acceptors (Lipinski definition) is 3. The first kappa shape index (κ1) is 12.4. The number of aliphatic hydroxyl groups is 2. The number of nitrogens with two attached hydrogens (primary N) is 1. The van der Waals surface area contributed by atoms with Crippen molar-refractivity contribution in [1.82, 2.24) is 0 Å². The molecule has 4 N–H and O–H groups in total. The molecule has 0 bridgehead atoms. The molecule has 1 aromatic rings. The summed E-state index contributed by atoms with van der Waals surface area (Å²) in [5.74, 6) is -0.739. The maximum Gasteiger partial charge on any atom is 0.129 e. The zero-order valence-electron chi connectivity index (χ0n) is 8.03. The number of alkyl halides is 1. The van der Waals surface area contributed by atoms with Crippen molar-refractivity contribution < 1.29 is 14.6 Å². The Bertz CT molecular complexity index is 335. The maximum absolute atomic E-state index is 13.3. The van der Waals surface area contributed by atoms with E-state index in [1.54, 1.807) is 0 Å². The average Bonchev–Trinajstić information content (AvgIpc) is 2.27. The molecule has 0 saturated carbocycles. The maximum atomic E-state index is 13.3. The fourth-order valence-electron chi connectivity index (χ4n) is 1.24. The predicted octanol–water partition coefficient (Wildman–Crippen LogP) is 0.917. The molecule has 0 fully saturated rings.